The van der Waals surface area contributed by atoms with Gasteiger partial charge in [-0.25, -0.2) is 0 Å². The Morgan fingerprint density at radius 1 is 0.889 bits per heavy atom. The largest absolute Gasteiger partial charge is 0.306 e. The predicted octanol–water partition coefficient (Wildman–Crippen LogP) is 3.72. The monoisotopic (exact) mass is 256 g/mol. The van der Waals surface area contributed by atoms with Gasteiger partial charge in [0.15, 0.2) is 0 Å². The highest BCUT2D eigenvalue weighted by molar-refractivity contribution is 4.68. The zero-order valence-electron chi connectivity index (χ0n) is 13.9. The van der Waals surface area contributed by atoms with Crippen molar-refractivity contribution in [3.8, 4) is 0 Å². The summed E-state index contributed by atoms with van der Waals surface area (Å²) < 4.78 is 0. The van der Waals surface area contributed by atoms with Gasteiger partial charge in [-0.15, -0.1) is 0 Å². The van der Waals surface area contributed by atoms with Crippen LogP contribution < -0.4 is 0 Å². The van der Waals surface area contributed by atoms with E-state index in [1.807, 2.05) is 0 Å². The predicted molar refractivity (Wildman–Crippen MR) is 83.1 cm³/mol. The van der Waals surface area contributed by atoms with Crippen LogP contribution in [-0.4, -0.2) is 49.6 Å². The van der Waals surface area contributed by atoms with Crippen LogP contribution in [0, 0.1) is 11.8 Å². The van der Waals surface area contributed by atoms with E-state index < -0.39 is 0 Å². The molecule has 0 aromatic heterocycles. The van der Waals surface area contributed by atoms with E-state index in [1.165, 1.54) is 38.9 Å². The standard InChI is InChI=1S/C16H36N2/c1-8-11-17(6)13-15(4)9-10-16(5)18(7)12-14(2)3/h14-16H,8-13H2,1-7H3. The van der Waals surface area contributed by atoms with Crippen LogP contribution in [0.1, 0.15) is 53.9 Å². The van der Waals surface area contributed by atoms with E-state index in [4.69, 9.17) is 0 Å². The summed E-state index contributed by atoms with van der Waals surface area (Å²) in [6.45, 7) is 15.3. The van der Waals surface area contributed by atoms with Gasteiger partial charge in [0.1, 0.15) is 0 Å². The van der Waals surface area contributed by atoms with E-state index >= 15 is 0 Å². The van der Waals surface area contributed by atoms with Crippen LogP contribution in [0.4, 0.5) is 0 Å². The van der Waals surface area contributed by atoms with E-state index in [1.54, 1.807) is 0 Å². The molecule has 0 aliphatic carbocycles. The summed E-state index contributed by atoms with van der Waals surface area (Å²) in [5, 5.41) is 0. The first kappa shape index (κ1) is 17.9. The molecule has 0 aliphatic heterocycles. The Morgan fingerprint density at radius 3 is 2.00 bits per heavy atom. The van der Waals surface area contributed by atoms with Gasteiger partial charge < -0.3 is 9.80 Å². The average Bonchev–Trinajstić information content (AvgIpc) is 2.25. The first-order valence-electron chi connectivity index (χ1n) is 7.75. The maximum atomic E-state index is 2.51. The molecule has 0 amide bonds. The van der Waals surface area contributed by atoms with Crippen molar-refractivity contribution in [1.29, 1.82) is 0 Å². The fourth-order valence-corrected chi connectivity index (χ4v) is 2.60. The lowest BCUT2D eigenvalue weighted by atomic mass is 10.0. The van der Waals surface area contributed by atoms with Crippen molar-refractivity contribution in [2.45, 2.75) is 59.9 Å². The molecule has 0 bridgehead atoms. The quantitative estimate of drug-likeness (QED) is 0.588. The normalized spacial score (nSPS) is 15.7. The smallest absolute Gasteiger partial charge is 0.00641 e. The molecule has 0 aromatic rings. The van der Waals surface area contributed by atoms with E-state index in [0.717, 1.165) is 11.8 Å². The van der Waals surface area contributed by atoms with Crippen molar-refractivity contribution >= 4 is 0 Å². The second-order valence-corrected chi connectivity index (χ2v) is 6.63. The zero-order valence-corrected chi connectivity index (χ0v) is 13.9. The second kappa shape index (κ2) is 9.80. The minimum absolute atomic E-state index is 0.714. The number of hydrogen-bond donors (Lipinski definition) is 0. The second-order valence-electron chi connectivity index (χ2n) is 6.63. The Kier molecular flexibility index (Phi) is 9.76. The third-order valence-corrected chi connectivity index (χ3v) is 3.71. The molecule has 0 radical (unpaired) electrons. The van der Waals surface area contributed by atoms with E-state index in [2.05, 4.69) is 58.5 Å². The first-order valence-corrected chi connectivity index (χ1v) is 7.75. The molecule has 0 heterocycles. The summed E-state index contributed by atoms with van der Waals surface area (Å²) in [6, 6.07) is 0.714. The number of rotatable bonds is 10. The Labute approximate surface area is 116 Å². The first-order chi connectivity index (χ1) is 8.36. The molecule has 0 aliphatic rings. The molecule has 0 aromatic carbocycles. The van der Waals surface area contributed by atoms with Crippen LogP contribution in [0.3, 0.4) is 0 Å². The van der Waals surface area contributed by atoms with Gasteiger partial charge in [-0.1, -0.05) is 27.7 Å². The minimum Gasteiger partial charge on any atom is -0.306 e. The molecule has 2 heteroatoms. The summed E-state index contributed by atoms with van der Waals surface area (Å²) in [5.41, 5.74) is 0. The van der Waals surface area contributed by atoms with Crippen LogP contribution in [0.15, 0.2) is 0 Å². The molecule has 2 unspecified atom stereocenters. The highest BCUT2D eigenvalue weighted by Crippen LogP contribution is 2.13. The topological polar surface area (TPSA) is 6.48 Å². The number of nitrogens with zero attached hydrogens (tertiary/aromatic N) is 2. The van der Waals surface area contributed by atoms with Crippen molar-refractivity contribution in [3.05, 3.63) is 0 Å². The summed E-state index contributed by atoms with van der Waals surface area (Å²) in [5.74, 6) is 1.59. The highest BCUT2D eigenvalue weighted by Gasteiger charge is 2.13. The molecule has 2 atom stereocenters. The summed E-state index contributed by atoms with van der Waals surface area (Å²) in [4.78, 5) is 4.97. The fraction of sp³-hybridized carbons (Fsp3) is 1.00. The Bertz CT molecular complexity index is 192. The van der Waals surface area contributed by atoms with Gasteiger partial charge in [0.05, 0.1) is 0 Å². The van der Waals surface area contributed by atoms with Crippen molar-refractivity contribution in [2.24, 2.45) is 11.8 Å². The van der Waals surface area contributed by atoms with E-state index in [9.17, 15) is 0 Å². The summed E-state index contributed by atoms with van der Waals surface area (Å²) in [6.07, 6.45) is 3.93. The van der Waals surface area contributed by atoms with E-state index in [0.29, 0.717) is 6.04 Å². The Balaban J connectivity index is 3.79. The molecule has 2 nitrogen and oxygen atoms in total. The minimum atomic E-state index is 0.714. The lowest BCUT2D eigenvalue weighted by Crippen LogP contribution is -2.33. The SMILES string of the molecule is CCCN(C)CC(C)CCC(C)N(C)CC(C)C. The van der Waals surface area contributed by atoms with Gasteiger partial charge in [0, 0.05) is 19.1 Å². The fourth-order valence-electron chi connectivity index (χ4n) is 2.60. The van der Waals surface area contributed by atoms with Gasteiger partial charge in [0.25, 0.3) is 0 Å². The molecular formula is C16H36N2. The molecule has 0 spiro atoms. The third-order valence-electron chi connectivity index (χ3n) is 3.71. The molecule has 18 heavy (non-hydrogen) atoms. The molecular weight excluding hydrogens is 220 g/mol. The maximum Gasteiger partial charge on any atom is 0.00641 e. The van der Waals surface area contributed by atoms with Crippen molar-refractivity contribution in [2.75, 3.05) is 33.7 Å². The highest BCUT2D eigenvalue weighted by atomic mass is 15.1. The number of hydrogen-bond acceptors (Lipinski definition) is 2. The van der Waals surface area contributed by atoms with Crippen LogP contribution >= 0.6 is 0 Å². The van der Waals surface area contributed by atoms with Gasteiger partial charge in [-0.3, -0.25) is 0 Å². The molecule has 0 rings (SSSR count). The van der Waals surface area contributed by atoms with Crippen molar-refractivity contribution in [3.63, 3.8) is 0 Å². The lowest BCUT2D eigenvalue weighted by Gasteiger charge is -2.28. The van der Waals surface area contributed by atoms with Crippen LogP contribution in [-0.2, 0) is 0 Å². The zero-order chi connectivity index (χ0) is 14.1. The third kappa shape index (κ3) is 8.93. The van der Waals surface area contributed by atoms with Gasteiger partial charge in [-0.05, 0) is 58.7 Å². The van der Waals surface area contributed by atoms with Gasteiger partial charge in [-0.2, -0.15) is 0 Å². The molecule has 0 saturated carbocycles. The van der Waals surface area contributed by atoms with Crippen molar-refractivity contribution in [1.82, 2.24) is 9.80 Å². The molecule has 0 fully saturated rings. The van der Waals surface area contributed by atoms with Crippen LogP contribution in [0.5, 0.6) is 0 Å². The van der Waals surface area contributed by atoms with Gasteiger partial charge >= 0.3 is 0 Å². The Hall–Kier alpha value is -0.0800. The van der Waals surface area contributed by atoms with E-state index in [-0.39, 0.29) is 0 Å². The van der Waals surface area contributed by atoms with Crippen molar-refractivity contribution < 1.29 is 0 Å². The Morgan fingerprint density at radius 2 is 1.50 bits per heavy atom. The van der Waals surface area contributed by atoms with Gasteiger partial charge in [0.2, 0.25) is 0 Å². The molecule has 110 valence electrons. The maximum absolute atomic E-state index is 2.51. The summed E-state index contributed by atoms with van der Waals surface area (Å²) >= 11 is 0. The molecule has 0 saturated heterocycles. The summed E-state index contributed by atoms with van der Waals surface area (Å²) in [7, 11) is 4.51. The lowest BCUT2D eigenvalue weighted by molar-refractivity contribution is 0.202. The average molecular weight is 256 g/mol. The molecule has 0 N–H and O–H groups in total. The van der Waals surface area contributed by atoms with Crippen LogP contribution in [0.2, 0.25) is 0 Å². The van der Waals surface area contributed by atoms with Crippen LogP contribution in [0.25, 0.3) is 0 Å².